The van der Waals surface area contributed by atoms with Gasteiger partial charge >= 0.3 is 0 Å². The van der Waals surface area contributed by atoms with Crippen LogP contribution in [0.15, 0.2) is 24.3 Å². The van der Waals surface area contributed by atoms with Gasteiger partial charge in [-0.05, 0) is 49.4 Å². The number of thioether (sulfide) groups is 1. The minimum absolute atomic E-state index is 0.111. The zero-order chi connectivity index (χ0) is 14.8. The van der Waals surface area contributed by atoms with Crippen LogP contribution in [0.5, 0.6) is 0 Å². The van der Waals surface area contributed by atoms with Crippen molar-refractivity contribution in [1.82, 2.24) is 5.32 Å². The Morgan fingerprint density at radius 1 is 1.43 bits per heavy atom. The molecule has 1 aromatic heterocycles. The predicted molar refractivity (Wildman–Crippen MR) is 91.1 cm³/mol. The van der Waals surface area contributed by atoms with Crippen LogP contribution >= 0.6 is 34.7 Å². The van der Waals surface area contributed by atoms with Crippen LogP contribution in [-0.2, 0) is 18.6 Å². The Balaban J connectivity index is 1.87. The van der Waals surface area contributed by atoms with Gasteiger partial charge in [0.1, 0.15) is 5.82 Å². The zero-order valence-electron chi connectivity index (χ0n) is 11.8. The molecule has 3 rings (SSSR count). The first kappa shape index (κ1) is 15.3. The molecular weight excluding hydrogens is 325 g/mol. The van der Waals surface area contributed by atoms with E-state index in [1.54, 1.807) is 12.1 Å². The molecule has 1 atom stereocenters. The van der Waals surface area contributed by atoms with Crippen molar-refractivity contribution >= 4 is 34.7 Å². The number of thiophene rings is 1. The molecule has 1 N–H and O–H groups in total. The van der Waals surface area contributed by atoms with Crippen LogP contribution in [0.1, 0.15) is 26.9 Å². The van der Waals surface area contributed by atoms with Crippen molar-refractivity contribution in [1.29, 1.82) is 0 Å². The van der Waals surface area contributed by atoms with Crippen LogP contribution < -0.4 is 5.32 Å². The van der Waals surface area contributed by atoms with Gasteiger partial charge in [-0.3, -0.25) is 0 Å². The summed E-state index contributed by atoms with van der Waals surface area (Å²) < 4.78 is 14.0. The van der Waals surface area contributed by atoms with Crippen LogP contribution in [-0.4, -0.2) is 12.8 Å². The van der Waals surface area contributed by atoms with Crippen molar-refractivity contribution in [2.75, 3.05) is 12.8 Å². The normalized spacial score (nSPS) is 15.8. The fourth-order valence-electron chi connectivity index (χ4n) is 2.62. The van der Waals surface area contributed by atoms with Crippen molar-refractivity contribution < 1.29 is 4.39 Å². The Morgan fingerprint density at radius 2 is 2.29 bits per heavy atom. The van der Waals surface area contributed by atoms with Crippen molar-refractivity contribution in [2.24, 2.45) is 0 Å². The van der Waals surface area contributed by atoms with Gasteiger partial charge in [-0.15, -0.1) is 11.3 Å². The quantitative estimate of drug-likeness (QED) is 0.854. The van der Waals surface area contributed by atoms with Crippen molar-refractivity contribution in [2.45, 2.75) is 24.6 Å². The molecule has 5 heteroatoms. The van der Waals surface area contributed by atoms with E-state index in [1.165, 1.54) is 27.1 Å². The Morgan fingerprint density at radius 3 is 3.00 bits per heavy atom. The molecule has 0 saturated carbocycles. The Labute approximate surface area is 137 Å². The first-order valence-electron chi connectivity index (χ1n) is 6.98. The van der Waals surface area contributed by atoms with E-state index in [4.69, 9.17) is 11.6 Å². The summed E-state index contributed by atoms with van der Waals surface area (Å²) in [5, 5.41) is 3.82. The lowest BCUT2D eigenvalue weighted by Crippen LogP contribution is -2.18. The third-order valence-electron chi connectivity index (χ3n) is 3.81. The third-order valence-corrected chi connectivity index (χ3v) is 6.52. The number of rotatable bonds is 4. The molecule has 1 aromatic carbocycles. The van der Waals surface area contributed by atoms with Gasteiger partial charge in [-0.25, -0.2) is 4.39 Å². The highest BCUT2D eigenvalue weighted by Gasteiger charge is 2.20. The molecule has 1 nitrogen and oxygen atoms in total. The largest absolute Gasteiger partial charge is 0.312 e. The highest BCUT2D eigenvalue weighted by Crippen LogP contribution is 2.36. The van der Waals surface area contributed by atoms with E-state index >= 15 is 0 Å². The van der Waals surface area contributed by atoms with Crippen LogP contribution in [0.3, 0.4) is 0 Å². The minimum atomic E-state index is -0.223. The molecule has 2 heterocycles. The maximum atomic E-state index is 14.0. The van der Waals surface area contributed by atoms with E-state index in [-0.39, 0.29) is 11.9 Å². The van der Waals surface area contributed by atoms with E-state index in [0.29, 0.717) is 17.0 Å². The molecule has 0 amide bonds. The van der Waals surface area contributed by atoms with Gasteiger partial charge in [0.05, 0.1) is 0 Å². The second-order valence-corrected chi connectivity index (χ2v) is 7.83. The monoisotopic (exact) mass is 341 g/mol. The second kappa shape index (κ2) is 6.69. The highest BCUT2D eigenvalue weighted by molar-refractivity contribution is 7.98. The zero-order valence-corrected chi connectivity index (χ0v) is 14.2. The van der Waals surface area contributed by atoms with Gasteiger partial charge in [-0.2, -0.15) is 11.8 Å². The number of halogens is 2. The van der Waals surface area contributed by atoms with Crippen molar-refractivity contribution in [3.63, 3.8) is 0 Å². The van der Waals surface area contributed by atoms with Crippen LogP contribution in [0.2, 0.25) is 5.02 Å². The van der Waals surface area contributed by atoms with E-state index in [2.05, 4.69) is 11.4 Å². The van der Waals surface area contributed by atoms with Crippen molar-refractivity contribution in [3.05, 3.63) is 56.0 Å². The average molecular weight is 342 g/mol. The average Bonchev–Trinajstić information content (AvgIpc) is 2.90. The molecule has 1 aliphatic rings. The number of likely N-dealkylation sites (N-methyl/N-ethyl adjacent to an activating group) is 1. The number of aryl methyl sites for hydroxylation is 1. The molecule has 0 saturated heterocycles. The first-order valence-corrected chi connectivity index (χ1v) is 9.33. The lowest BCUT2D eigenvalue weighted by Gasteiger charge is -2.16. The second-order valence-electron chi connectivity index (χ2n) is 5.15. The maximum Gasteiger partial charge on any atom is 0.127 e. The smallest absolute Gasteiger partial charge is 0.127 e. The van der Waals surface area contributed by atoms with Crippen LogP contribution in [0.4, 0.5) is 4.39 Å². The van der Waals surface area contributed by atoms with E-state index in [0.717, 1.165) is 12.2 Å². The van der Waals surface area contributed by atoms with E-state index < -0.39 is 0 Å². The van der Waals surface area contributed by atoms with Gasteiger partial charge in [0.15, 0.2) is 0 Å². The van der Waals surface area contributed by atoms with Crippen LogP contribution in [0.25, 0.3) is 0 Å². The SMILES string of the molecule is CNC(Cc1c(F)cccc1Cl)c1cc2c(s1)CCSC2. The molecular formula is C16H17ClFNS2. The van der Waals surface area contributed by atoms with E-state index in [1.807, 2.05) is 30.1 Å². The topological polar surface area (TPSA) is 12.0 Å². The van der Waals surface area contributed by atoms with E-state index in [9.17, 15) is 4.39 Å². The number of nitrogens with one attached hydrogen (secondary N) is 1. The number of fused-ring (bicyclic) bond motifs is 1. The summed E-state index contributed by atoms with van der Waals surface area (Å²) in [6.07, 6.45) is 1.73. The van der Waals surface area contributed by atoms with Gasteiger partial charge < -0.3 is 5.32 Å². The summed E-state index contributed by atoms with van der Waals surface area (Å²) in [7, 11) is 1.92. The summed E-state index contributed by atoms with van der Waals surface area (Å²) in [6.45, 7) is 0. The Kier molecular flexibility index (Phi) is 4.89. The molecule has 0 spiro atoms. The number of benzene rings is 1. The van der Waals surface area contributed by atoms with Gasteiger partial charge in [0.25, 0.3) is 0 Å². The molecule has 0 bridgehead atoms. The summed E-state index contributed by atoms with van der Waals surface area (Å²) >= 11 is 9.99. The standard InChI is InChI=1S/C16H17ClFNS2/c1-19-14(8-11-12(17)3-2-4-13(11)18)16-7-10-9-20-6-5-15(10)21-16/h2-4,7,14,19H,5-6,8-9H2,1H3. The van der Waals surface area contributed by atoms with Crippen molar-refractivity contribution in [3.8, 4) is 0 Å². The molecule has 0 aliphatic carbocycles. The molecule has 112 valence electrons. The minimum Gasteiger partial charge on any atom is -0.312 e. The summed E-state index contributed by atoms with van der Waals surface area (Å²) in [4.78, 5) is 2.77. The molecule has 1 aliphatic heterocycles. The van der Waals surface area contributed by atoms with Gasteiger partial charge in [0, 0.05) is 32.1 Å². The number of hydrogen-bond donors (Lipinski definition) is 1. The van der Waals surface area contributed by atoms with Gasteiger partial charge in [0.2, 0.25) is 0 Å². The lowest BCUT2D eigenvalue weighted by atomic mass is 10.0. The fourth-order valence-corrected chi connectivity index (χ4v) is 5.34. The lowest BCUT2D eigenvalue weighted by molar-refractivity contribution is 0.560. The predicted octanol–water partition coefficient (Wildman–Crippen LogP) is 4.83. The fraction of sp³-hybridized carbons (Fsp3) is 0.375. The highest BCUT2D eigenvalue weighted by atomic mass is 35.5. The molecule has 21 heavy (non-hydrogen) atoms. The van der Waals surface area contributed by atoms with Gasteiger partial charge in [-0.1, -0.05) is 17.7 Å². The third kappa shape index (κ3) is 3.29. The van der Waals surface area contributed by atoms with Crippen LogP contribution in [0, 0.1) is 5.82 Å². The summed E-state index contributed by atoms with van der Waals surface area (Å²) in [5.74, 6) is 2.08. The summed E-state index contributed by atoms with van der Waals surface area (Å²) in [6, 6.07) is 7.27. The molecule has 0 radical (unpaired) electrons. The maximum absolute atomic E-state index is 14.0. The molecule has 2 aromatic rings. The summed E-state index contributed by atoms with van der Waals surface area (Å²) in [5.41, 5.74) is 2.05. The molecule has 0 fully saturated rings. The molecule has 1 unspecified atom stereocenters. The first-order chi connectivity index (χ1) is 10.2. The Bertz CT molecular complexity index is 597. The number of hydrogen-bond acceptors (Lipinski definition) is 3. The Hall–Kier alpha value is -0.550.